The van der Waals surface area contributed by atoms with E-state index in [9.17, 15) is 38.1 Å². The number of aliphatic hydroxyl groups is 2. The molecule has 6 atom stereocenters. The second-order valence-electron chi connectivity index (χ2n) is 11.1. The zero-order valence-electron chi connectivity index (χ0n) is 23.2. The number of halogens is 3. The molecule has 0 unspecified atom stereocenters. The van der Waals surface area contributed by atoms with Gasteiger partial charge in [0.15, 0.2) is 29.8 Å². The Bertz CT molecular complexity index is 1460. The number of nitrogens with zero attached hydrogens (tertiary/aromatic N) is 1. The molecule has 1 fully saturated rings. The molecule has 0 amide bonds. The van der Waals surface area contributed by atoms with Crippen molar-refractivity contribution in [2.75, 3.05) is 13.6 Å². The molecule has 230 valence electrons. The zero-order valence-corrected chi connectivity index (χ0v) is 23.2. The number of aldehydes is 1. The smallest absolute Gasteiger partial charge is 0.446 e. The number of benzene rings is 2. The van der Waals surface area contributed by atoms with Crippen molar-refractivity contribution in [1.82, 2.24) is 4.90 Å². The number of aromatic hydroxyl groups is 1. The summed E-state index contributed by atoms with van der Waals surface area (Å²) in [6, 6.07) is 11.6. The van der Waals surface area contributed by atoms with Crippen LogP contribution < -0.4 is 4.74 Å². The lowest BCUT2D eigenvalue weighted by atomic mass is 9.50. The van der Waals surface area contributed by atoms with Crippen molar-refractivity contribution in [2.24, 2.45) is 0 Å². The maximum absolute atomic E-state index is 13.0. The van der Waals surface area contributed by atoms with Crippen molar-refractivity contribution >= 4 is 18.2 Å². The van der Waals surface area contributed by atoms with E-state index in [1.807, 2.05) is 13.1 Å². The molecule has 0 radical (unpaired) electrons. The van der Waals surface area contributed by atoms with Crippen molar-refractivity contribution in [3.63, 3.8) is 0 Å². The number of piperidine rings is 1. The average molecular weight is 606 g/mol. The van der Waals surface area contributed by atoms with Crippen LogP contribution in [0, 0.1) is 0 Å². The van der Waals surface area contributed by atoms with Crippen LogP contribution in [0.5, 0.6) is 11.5 Å². The van der Waals surface area contributed by atoms with Crippen molar-refractivity contribution in [3.8, 4) is 11.5 Å². The van der Waals surface area contributed by atoms with Crippen LogP contribution in [0.2, 0.25) is 0 Å². The highest BCUT2D eigenvalue weighted by molar-refractivity contribution is 5.82. The lowest BCUT2D eigenvalue weighted by Crippen LogP contribution is -2.74. The maximum Gasteiger partial charge on any atom is 0.446 e. The van der Waals surface area contributed by atoms with Gasteiger partial charge in [0.1, 0.15) is 5.76 Å². The van der Waals surface area contributed by atoms with Crippen molar-refractivity contribution in [3.05, 3.63) is 71.0 Å². The summed E-state index contributed by atoms with van der Waals surface area (Å²) in [7, 11) is 1.99. The van der Waals surface area contributed by atoms with Gasteiger partial charge < -0.3 is 34.4 Å². The highest BCUT2D eigenvalue weighted by atomic mass is 19.4. The van der Waals surface area contributed by atoms with E-state index in [2.05, 4.69) is 4.90 Å². The summed E-state index contributed by atoms with van der Waals surface area (Å²) in [5.74, 6) is -1.28. The fourth-order valence-corrected chi connectivity index (χ4v) is 6.69. The molecule has 4 aliphatic rings. The Hall–Kier alpha value is -3.94. The average Bonchev–Trinajstić information content (AvgIpc) is 3.34. The van der Waals surface area contributed by atoms with Crippen LogP contribution in [0.3, 0.4) is 0 Å². The molecule has 2 aliphatic heterocycles. The van der Waals surface area contributed by atoms with Crippen molar-refractivity contribution in [1.29, 1.82) is 0 Å². The normalized spacial score (nSPS) is 28.1. The Kier molecular flexibility index (Phi) is 7.78. The molecule has 2 bridgehead atoms. The van der Waals surface area contributed by atoms with Gasteiger partial charge in [-0.15, -0.1) is 0 Å². The molecule has 10 nitrogen and oxygen atoms in total. The van der Waals surface area contributed by atoms with Crippen LogP contribution in [0.1, 0.15) is 42.6 Å². The van der Waals surface area contributed by atoms with Gasteiger partial charge in [-0.25, -0.2) is 9.59 Å². The highest BCUT2D eigenvalue weighted by Crippen LogP contribution is 2.65. The van der Waals surface area contributed by atoms with E-state index in [1.165, 1.54) is 6.92 Å². The van der Waals surface area contributed by atoms with E-state index in [4.69, 9.17) is 19.0 Å². The molecule has 3 N–H and O–H groups in total. The number of likely N-dealkylation sites (tertiary alicyclic amines) is 1. The number of phenolic OH excluding ortho intramolecular Hbond substituents is 1. The molecule has 13 heteroatoms. The molecule has 43 heavy (non-hydrogen) atoms. The standard InChI is InChI=1S/C28H29NO8.C2HF3O/c1-15(35-26(33)22(31)16-6-4-3-5-7-16)25(32)36-19-10-11-28(34)20-14-17-8-9-18(30)23-21(17)27(28,24(19)37-23)12-13-29(20)2;3-2(4,5)1-6/h3-10,15,20,22,24,30-31,34H,11-14H2,1-2H3;1H/t15-,20+,22-,24-,27-,28+;/m0./s1. The third kappa shape index (κ3) is 5.04. The van der Waals surface area contributed by atoms with E-state index in [1.54, 1.807) is 42.5 Å². The van der Waals surface area contributed by atoms with Gasteiger partial charge in [0.2, 0.25) is 6.29 Å². The molecular weight excluding hydrogens is 575 g/mol. The minimum atomic E-state index is -4.64. The first-order valence-electron chi connectivity index (χ1n) is 13.6. The SMILES string of the molecule is C[C@H](OC(=O)[C@@H](O)c1ccccc1)C(=O)OC1=CC[C@@]2(O)[C@H]3Cc4ccc(O)c5c4[C@@]2(CCN3C)[C@H]1O5.O=CC(F)(F)F. The number of ether oxygens (including phenoxy) is 3. The van der Waals surface area contributed by atoms with Crippen LogP contribution in [0.4, 0.5) is 13.2 Å². The molecule has 2 aromatic carbocycles. The number of esters is 2. The van der Waals surface area contributed by atoms with Gasteiger partial charge in [-0.1, -0.05) is 36.4 Å². The van der Waals surface area contributed by atoms with Gasteiger partial charge >= 0.3 is 18.1 Å². The van der Waals surface area contributed by atoms with Gasteiger partial charge in [0.05, 0.1) is 11.0 Å². The predicted molar refractivity (Wildman–Crippen MR) is 142 cm³/mol. The van der Waals surface area contributed by atoms with E-state index in [0.717, 1.165) is 11.1 Å². The van der Waals surface area contributed by atoms with Crippen LogP contribution >= 0.6 is 0 Å². The molecule has 6 rings (SSSR count). The topological polar surface area (TPSA) is 143 Å². The molecule has 1 spiro atoms. The number of hydrogen-bond donors (Lipinski definition) is 3. The van der Waals surface area contributed by atoms with E-state index in [0.29, 0.717) is 30.7 Å². The minimum Gasteiger partial charge on any atom is -0.504 e. The predicted octanol–water partition coefficient (Wildman–Crippen LogP) is 2.63. The summed E-state index contributed by atoms with van der Waals surface area (Å²) in [5, 5.41) is 33.0. The number of phenols is 1. The van der Waals surface area contributed by atoms with Gasteiger partial charge in [0.25, 0.3) is 0 Å². The van der Waals surface area contributed by atoms with Crippen LogP contribution in [-0.2, 0) is 35.7 Å². The summed E-state index contributed by atoms with van der Waals surface area (Å²) >= 11 is 0. The third-order valence-electron chi connectivity index (χ3n) is 8.67. The van der Waals surface area contributed by atoms with Gasteiger partial charge in [-0.3, -0.25) is 4.79 Å². The second-order valence-corrected chi connectivity index (χ2v) is 11.1. The fourth-order valence-electron chi connectivity index (χ4n) is 6.69. The fraction of sp³-hybridized carbons (Fsp3) is 0.433. The van der Waals surface area contributed by atoms with Crippen molar-refractivity contribution < 1.29 is 57.1 Å². The minimum absolute atomic E-state index is 0.0230. The van der Waals surface area contributed by atoms with Gasteiger partial charge in [-0.05, 0) is 56.6 Å². The summed E-state index contributed by atoms with van der Waals surface area (Å²) in [6.07, 6.45) is -6.30. The third-order valence-corrected chi connectivity index (χ3v) is 8.67. The van der Waals surface area contributed by atoms with E-state index >= 15 is 0 Å². The lowest BCUT2D eigenvalue weighted by Gasteiger charge is -2.61. The molecule has 1 saturated heterocycles. The molecule has 2 aromatic rings. The molecule has 2 aliphatic carbocycles. The van der Waals surface area contributed by atoms with Crippen LogP contribution in [0.25, 0.3) is 0 Å². The quantitative estimate of drug-likeness (QED) is 0.344. The Balaban J connectivity index is 0.000000559. The number of alkyl halides is 3. The first-order valence-corrected chi connectivity index (χ1v) is 13.6. The molecule has 0 aromatic heterocycles. The number of likely N-dealkylation sites (N-methyl/N-ethyl adjacent to an activating group) is 1. The molecule has 0 saturated carbocycles. The Morgan fingerprint density at radius 1 is 1.16 bits per heavy atom. The summed E-state index contributed by atoms with van der Waals surface area (Å²) < 4.78 is 48.4. The molecule has 2 heterocycles. The monoisotopic (exact) mass is 605 g/mol. The highest BCUT2D eigenvalue weighted by Gasteiger charge is 2.72. The number of rotatable bonds is 5. The summed E-state index contributed by atoms with van der Waals surface area (Å²) in [5.41, 5.74) is 0.0745. The van der Waals surface area contributed by atoms with Crippen molar-refractivity contribution in [2.45, 2.75) is 67.7 Å². The van der Waals surface area contributed by atoms with Gasteiger partial charge in [-0.2, -0.15) is 13.2 Å². The van der Waals surface area contributed by atoms with Crippen LogP contribution in [-0.4, -0.2) is 82.1 Å². The second kappa shape index (κ2) is 11.0. The first-order chi connectivity index (χ1) is 20.2. The van der Waals surface area contributed by atoms with E-state index in [-0.39, 0.29) is 24.0 Å². The summed E-state index contributed by atoms with van der Waals surface area (Å²) in [4.78, 5) is 36.3. The van der Waals surface area contributed by atoms with Gasteiger partial charge in [0, 0.05) is 18.0 Å². The first kappa shape index (κ1) is 30.5. The maximum atomic E-state index is 13.0. The number of carbonyl (C=O) groups excluding carboxylic acids is 3. The number of carbonyl (C=O) groups is 3. The summed E-state index contributed by atoms with van der Waals surface area (Å²) in [6.45, 7) is 2.07. The van der Waals surface area contributed by atoms with E-state index < -0.39 is 53.7 Å². The Morgan fingerprint density at radius 3 is 2.49 bits per heavy atom. The van der Waals surface area contributed by atoms with Crippen LogP contribution in [0.15, 0.2) is 54.3 Å². The Morgan fingerprint density at radius 2 is 1.84 bits per heavy atom. The molecular formula is C30H30F3NO9. The number of aliphatic hydroxyl groups excluding tert-OH is 1. The largest absolute Gasteiger partial charge is 0.504 e. The number of hydrogen-bond acceptors (Lipinski definition) is 10. The lowest BCUT2D eigenvalue weighted by molar-refractivity contribution is -0.178. The Labute approximate surface area is 244 Å². The zero-order chi connectivity index (χ0) is 31.3.